The molecular weight excluding hydrogens is 359 g/mol. The SMILES string of the molecule is O=C([C@H]1C[C@@H](F)CN1S(=O)(=O)c1cccc(Cl)c1)N1CCOCC1. The highest BCUT2D eigenvalue weighted by atomic mass is 35.5. The van der Waals surface area contributed by atoms with E-state index in [2.05, 4.69) is 0 Å². The molecule has 0 bridgehead atoms. The summed E-state index contributed by atoms with van der Waals surface area (Å²) in [5.74, 6) is -0.371. The molecular formula is C15H18ClFN2O4S. The third kappa shape index (κ3) is 3.42. The van der Waals surface area contributed by atoms with E-state index in [-0.39, 0.29) is 28.8 Å². The van der Waals surface area contributed by atoms with Crippen LogP contribution in [0.4, 0.5) is 4.39 Å². The molecule has 2 aliphatic heterocycles. The van der Waals surface area contributed by atoms with Crippen LogP contribution < -0.4 is 0 Å². The maximum Gasteiger partial charge on any atom is 0.243 e. The number of rotatable bonds is 3. The van der Waals surface area contributed by atoms with Gasteiger partial charge in [0, 0.05) is 31.1 Å². The molecule has 1 amide bonds. The fourth-order valence-corrected chi connectivity index (χ4v) is 4.93. The number of morpholine rings is 1. The Hall–Kier alpha value is -1.22. The maximum absolute atomic E-state index is 13.9. The molecule has 2 saturated heterocycles. The van der Waals surface area contributed by atoms with Crippen LogP contribution in [-0.2, 0) is 19.6 Å². The summed E-state index contributed by atoms with van der Waals surface area (Å²) in [6.07, 6.45) is -1.50. The van der Waals surface area contributed by atoms with Crippen LogP contribution in [0, 0.1) is 0 Å². The summed E-state index contributed by atoms with van der Waals surface area (Å²) in [6.45, 7) is 1.25. The molecule has 3 rings (SSSR count). The smallest absolute Gasteiger partial charge is 0.243 e. The zero-order chi connectivity index (χ0) is 17.3. The molecule has 0 aromatic heterocycles. The van der Waals surface area contributed by atoms with Gasteiger partial charge in [-0.3, -0.25) is 4.79 Å². The Morgan fingerprint density at radius 2 is 2.00 bits per heavy atom. The number of amides is 1. The van der Waals surface area contributed by atoms with Gasteiger partial charge in [0.1, 0.15) is 12.2 Å². The maximum atomic E-state index is 13.9. The van der Waals surface area contributed by atoms with Gasteiger partial charge in [0.15, 0.2) is 0 Å². The Balaban J connectivity index is 1.88. The highest BCUT2D eigenvalue weighted by Gasteiger charge is 2.45. The van der Waals surface area contributed by atoms with E-state index < -0.39 is 22.2 Å². The number of halogens is 2. The molecule has 2 aliphatic rings. The number of benzene rings is 1. The molecule has 0 unspecified atom stereocenters. The van der Waals surface area contributed by atoms with Crippen molar-refractivity contribution in [2.45, 2.75) is 23.5 Å². The summed E-state index contributed by atoms with van der Waals surface area (Å²) < 4.78 is 45.8. The van der Waals surface area contributed by atoms with Gasteiger partial charge in [-0.15, -0.1) is 0 Å². The van der Waals surface area contributed by atoms with Crippen molar-refractivity contribution in [1.82, 2.24) is 9.21 Å². The van der Waals surface area contributed by atoms with Crippen molar-refractivity contribution < 1.29 is 22.3 Å². The first kappa shape index (κ1) is 17.6. The molecule has 2 atom stereocenters. The van der Waals surface area contributed by atoms with Crippen molar-refractivity contribution in [3.63, 3.8) is 0 Å². The van der Waals surface area contributed by atoms with Crippen molar-refractivity contribution >= 4 is 27.5 Å². The lowest BCUT2D eigenvalue weighted by Gasteiger charge is -2.32. The van der Waals surface area contributed by atoms with Crippen molar-refractivity contribution in [3.05, 3.63) is 29.3 Å². The van der Waals surface area contributed by atoms with Gasteiger partial charge < -0.3 is 9.64 Å². The predicted molar refractivity (Wildman–Crippen MR) is 86.0 cm³/mol. The van der Waals surface area contributed by atoms with Crippen LogP contribution in [0.3, 0.4) is 0 Å². The number of alkyl halides is 1. The van der Waals surface area contributed by atoms with Crippen molar-refractivity contribution in [3.8, 4) is 0 Å². The molecule has 1 aromatic carbocycles. The minimum atomic E-state index is -4.00. The second kappa shape index (κ2) is 6.95. The van der Waals surface area contributed by atoms with Crippen molar-refractivity contribution in [2.75, 3.05) is 32.8 Å². The number of sulfonamides is 1. The average Bonchev–Trinajstić information content (AvgIpc) is 2.97. The van der Waals surface area contributed by atoms with Gasteiger partial charge in [0.25, 0.3) is 0 Å². The molecule has 1 aromatic rings. The average molecular weight is 377 g/mol. The van der Waals surface area contributed by atoms with E-state index in [1.165, 1.54) is 23.1 Å². The zero-order valence-corrected chi connectivity index (χ0v) is 14.5. The molecule has 9 heteroatoms. The van der Waals surface area contributed by atoms with Crippen molar-refractivity contribution in [1.29, 1.82) is 0 Å². The third-order valence-corrected chi connectivity index (χ3v) is 6.32. The van der Waals surface area contributed by atoms with E-state index in [1.807, 2.05) is 0 Å². The van der Waals surface area contributed by atoms with Gasteiger partial charge in [-0.1, -0.05) is 17.7 Å². The Labute approximate surface area is 145 Å². The van der Waals surface area contributed by atoms with Crippen LogP contribution in [0.5, 0.6) is 0 Å². The zero-order valence-electron chi connectivity index (χ0n) is 12.9. The van der Waals surface area contributed by atoms with Crippen LogP contribution >= 0.6 is 11.6 Å². The molecule has 0 spiro atoms. The summed E-state index contributed by atoms with van der Waals surface area (Å²) in [7, 11) is -4.00. The molecule has 24 heavy (non-hydrogen) atoms. The fraction of sp³-hybridized carbons (Fsp3) is 0.533. The minimum absolute atomic E-state index is 0.0381. The monoisotopic (exact) mass is 376 g/mol. The summed E-state index contributed by atoms with van der Waals surface area (Å²) in [4.78, 5) is 14.2. The molecule has 0 aliphatic carbocycles. The van der Waals surface area contributed by atoms with Gasteiger partial charge in [-0.25, -0.2) is 12.8 Å². The summed E-state index contributed by atoms with van der Waals surface area (Å²) in [6, 6.07) is 4.74. The second-order valence-corrected chi connectivity index (χ2v) is 8.15. The van der Waals surface area contributed by atoms with Crippen LogP contribution in [0.1, 0.15) is 6.42 Å². The standard InChI is InChI=1S/C15H18ClFN2O4S/c16-11-2-1-3-13(8-11)24(21,22)19-10-12(17)9-14(19)15(20)18-4-6-23-7-5-18/h1-3,8,12,14H,4-7,9-10H2/t12-,14-/m1/s1. The van der Waals surface area contributed by atoms with Gasteiger partial charge in [-0.2, -0.15) is 4.31 Å². The van der Waals surface area contributed by atoms with E-state index >= 15 is 0 Å². The van der Waals surface area contributed by atoms with E-state index in [0.717, 1.165) is 4.31 Å². The van der Waals surface area contributed by atoms with Gasteiger partial charge in [0.2, 0.25) is 15.9 Å². The molecule has 6 nitrogen and oxygen atoms in total. The van der Waals surface area contributed by atoms with E-state index in [0.29, 0.717) is 26.3 Å². The largest absolute Gasteiger partial charge is 0.378 e. The number of carbonyl (C=O) groups excluding carboxylic acids is 1. The number of ether oxygens (including phenoxy) is 1. The Kier molecular flexibility index (Phi) is 5.10. The highest BCUT2D eigenvalue weighted by Crippen LogP contribution is 2.30. The molecule has 2 fully saturated rings. The molecule has 132 valence electrons. The Morgan fingerprint density at radius 1 is 1.29 bits per heavy atom. The summed E-state index contributed by atoms with van der Waals surface area (Å²) in [5, 5.41) is 0.267. The summed E-state index contributed by atoms with van der Waals surface area (Å²) in [5.41, 5.74) is 0. The van der Waals surface area contributed by atoms with E-state index in [9.17, 15) is 17.6 Å². The Bertz CT molecular complexity index is 724. The lowest BCUT2D eigenvalue weighted by atomic mass is 10.2. The molecule has 0 N–H and O–H groups in total. The highest BCUT2D eigenvalue weighted by molar-refractivity contribution is 7.89. The van der Waals surface area contributed by atoms with Crippen LogP contribution in [-0.4, -0.2) is 68.6 Å². The number of nitrogens with zero attached hydrogens (tertiary/aromatic N) is 2. The topological polar surface area (TPSA) is 66.9 Å². The first-order valence-electron chi connectivity index (χ1n) is 7.67. The minimum Gasteiger partial charge on any atom is -0.378 e. The first-order valence-corrected chi connectivity index (χ1v) is 9.49. The van der Waals surface area contributed by atoms with Gasteiger partial charge in [0.05, 0.1) is 18.1 Å². The first-order chi connectivity index (χ1) is 11.4. The fourth-order valence-electron chi connectivity index (χ4n) is 3.00. The summed E-state index contributed by atoms with van der Waals surface area (Å²) >= 11 is 5.86. The predicted octanol–water partition coefficient (Wildman–Crippen LogP) is 1.30. The Morgan fingerprint density at radius 3 is 2.67 bits per heavy atom. The third-order valence-electron chi connectivity index (χ3n) is 4.22. The van der Waals surface area contributed by atoms with Crippen molar-refractivity contribution in [2.24, 2.45) is 0 Å². The molecule has 0 saturated carbocycles. The number of hydrogen-bond donors (Lipinski definition) is 0. The normalized spacial score (nSPS) is 25.8. The van der Waals surface area contributed by atoms with E-state index in [1.54, 1.807) is 6.07 Å². The molecule has 0 radical (unpaired) electrons. The quantitative estimate of drug-likeness (QED) is 0.797. The number of hydrogen-bond acceptors (Lipinski definition) is 4. The van der Waals surface area contributed by atoms with Gasteiger partial charge >= 0.3 is 0 Å². The van der Waals surface area contributed by atoms with Crippen LogP contribution in [0.15, 0.2) is 29.2 Å². The van der Waals surface area contributed by atoms with Crippen LogP contribution in [0.2, 0.25) is 5.02 Å². The van der Waals surface area contributed by atoms with E-state index in [4.69, 9.17) is 16.3 Å². The lowest BCUT2D eigenvalue weighted by Crippen LogP contribution is -2.50. The number of carbonyl (C=O) groups is 1. The van der Waals surface area contributed by atoms with Gasteiger partial charge in [-0.05, 0) is 18.2 Å². The second-order valence-electron chi connectivity index (χ2n) is 5.82. The molecule has 2 heterocycles. The lowest BCUT2D eigenvalue weighted by molar-refractivity contribution is -0.138. The van der Waals surface area contributed by atoms with Crippen LogP contribution in [0.25, 0.3) is 0 Å².